The molecule has 2 saturated heterocycles. The molecule has 246 valence electrons. The summed E-state index contributed by atoms with van der Waals surface area (Å²) in [5.74, 6) is -8.01. The van der Waals surface area contributed by atoms with E-state index in [4.69, 9.17) is 14.9 Å². The van der Waals surface area contributed by atoms with Crippen LogP contribution in [0.5, 0.6) is 11.5 Å². The highest BCUT2D eigenvalue weighted by Gasteiger charge is 2.62. The second kappa shape index (κ2) is 13.0. The summed E-state index contributed by atoms with van der Waals surface area (Å²) in [6.07, 6.45) is 2.04. The molecular weight excluding hydrogens is 608 g/mol. The monoisotopic (exact) mass is 644 g/mol. The number of hydrogen-bond acceptors (Lipinski definition) is 8. The molecule has 3 fully saturated rings. The van der Waals surface area contributed by atoms with Gasteiger partial charge >= 0.3 is 11.9 Å². The molecular formula is C35H36N2O10. The number of nitrogens with zero attached hydrogens (tertiary/aromatic N) is 2. The first-order chi connectivity index (χ1) is 22.6. The molecule has 2 aliphatic carbocycles. The maximum atomic E-state index is 13.9. The Morgan fingerprint density at radius 3 is 2.00 bits per heavy atom. The molecule has 2 aromatic rings. The van der Waals surface area contributed by atoms with Crippen LogP contribution in [-0.4, -0.2) is 73.8 Å². The Labute approximate surface area is 270 Å². The van der Waals surface area contributed by atoms with Gasteiger partial charge < -0.3 is 20.1 Å². The van der Waals surface area contributed by atoms with Crippen molar-refractivity contribution in [1.82, 2.24) is 9.80 Å². The van der Waals surface area contributed by atoms with Gasteiger partial charge in [0, 0.05) is 43.5 Å². The lowest BCUT2D eigenvalue weighted by Crippen LogP contribution is -2.43. The zero-order valence-corrected chi connectivity index (χ0v) is 25.6. The lowest BCUT2D eigenvalue weighted by Gasteiger charge is -2.44. The number of aliphatic carboxylic acids is 2. The average Bonchev–Trinajstić information content (AvgIpc) is 3.43. The van der Waals surface area contributed by atoms with E-state index < -0.39 is 65.2 Å². The number of carboxylic acid groups (broad SMARTS) is 2. The van der Waals surface area contributed by atoms with Crippen LogP contribution in [0.3, 0.4) is 0 Å². The van der Waals surface area contributed by atoms with E-state index in [-0.39, 0.29) is 69.9 Å². The van der Waals surface area contributed by atoms with Crippen LogP contribution in [0.25, 0.3) is 0 Å². The smallest absolute Gasteiger partial charge is 0.303 e. The van der Waals surface area contributed by atoms with Crippen LogP contribution in [0.1, 0.15) is 55.6 Å². The van der Waals surface area contributed by atoms with Crippen LogP contribution in [0.15, 0.2) is 60.2 Å². The maximum Gasteiger partial charge on any atom is 0.303 e. The second-order valence-corrected chi connectivity index (χ2v) is 12.7. The van der Waals surface area contributed by atoms with E-state index in [1.807, 2.05) is 36.4 Å². The molecule has 6 atom stereocenters. The van der Waals surface area contributed by atoms with Gasteiger partial charge in [-0.2, -0.15) is 0 Å². The topological polar surface area (TPSA) is 179 Å². The molecule has 0 bridgehead atoms. The number of carboxylic acids is 2. The number of rotatable bonds is 12. The maximum absolute atomic E-state index is 13.9. The summed E-state index contributed by atoms with van der Waals surface area (Å²) in [4.78, 5) is 79.3. The number of allylic oxidation sites excluding steroid dienone is 2. The van der Waals surface area contributed by atoms with Crippen LogP contribution < -0.4 is 4.74 Å². The zero-order valence-electron chi connectivity index (χ0n) is 25.6. The molecule has 47 heavy (non-hydrogen) atoms. The summed E-state index contributed by atoms with van der Waals surface area (Å²) in [5, 5.41) is 29.6. The molecule has 0 aromatic heterocycles. The summed E-state index contributed by atoms with van der Waals surface area (Å²) >= 11 is 0. The minimum absolute atomic E-state index is 0.0193. The van der Waals surface area contributed by atoms with E-state index in [2.05, 4.69) is 0 Å². The fourth-order valence-electron chi connectivity index (χ4n) is 7.90. The van der Waals surface area contributed by atoms with Crippen LogP contribution in [0.4, 0.5) is 0 Å². The van der Waals surface area contributed by atoms with Crippen LogP contribution >= 0.6 is 0 Å². The highest BCUT2D eigenvalue weighted by Crippen LogP contribution is 2.59. The van der Waals surface area contributed by atoms with Gasteiger partial charge in [-0.1, -0.05) is 48.0 Å². The van der Waals surface area contributed by atoms with E-state index >= 15 is 0 Å². The third kappa shape index (κ3) is 5.99. The Morgan fingerprint density at radius 1 is 0.766 bits per heavy atom. The van der Waals surface area contributed by atoms with Crippen molar-refractivity contribution >= 4 is 35.6 Å². The number of carbonyl (C=O) groups is 6. The van der Waals surface area contributed by atoms with Crippen LogP contribution in [0.2, 0.25) is 0 Å². The standard InChI is InChI=1S/C35H36N2O10/c38-26-16-20(47-18-19-6-2-1-3-7-19)10-11-22(26)29-21-12-13-23-30(34(45)36(32(23)43)14-4-8-27(39)40)24(21)17-25-31(29)35(46)37(33(25)44)15-5-9-28(41)42/h1-3,6-7,10-12,16,23-25,29-31,38H,4-5,8-9,13-15,17-18H2,(H,39,40)(H,41,42). The zero-order chi connectivity index (χ0) is 33.4. The van der Waals surface area contributed by atoms with Crippen LogP contribution in [-0.2, 0) is 35.4 Å². The van der Waals surface area contributed by atoms with Gasteiger partial charge in [-0.25, -0.2) is 0 Å². The van der Waals surface area contributed by atoms with Gasteiger partial charge in [-0.3, -0.25) is 38.6 Å². The van der Waals surface area contributed by atoms with Crippen LogP contribution in [0, 0.1) is 29.6 Å². The first kappa shape index (κ1) is 32.0. The molecule has 3 N–H and O–H groups in total. The van der Waals surface area contributed by atoms with Crippen molar-refractivity contribution in [2.24, 2.45) is 29.6 Å². The van der Waals surface area contributed by atoms with E-state index in [1.54, 1.807) is 12.1 Å². The molecule has 6 rings (SSSR count). The van der Waals surface area contributed by atoms with Crippen molar-refractivity contribution < 1.29 is 48.8 Å². The van der Waals surface area contributed by atoms with E-state index in [0.717, 1.165) is 15.4 Å². The van der Waals surface area contributed by atoms with Gasteiger partial charge in [-0.05, 0) is 43.2 Å². The number of carbonyl (C=O) groups excluding carboxylic acids is 4. The Morgan fingerprint density at radius 2 is 1.38 bits per heavy atom. The number of fused-ring (bicyclic) bond motifs is 4. The Kier molecular flexibility index (Phi) is 8.85. The van der Waals surface area contributed by atoms with Gasteiger partial charge in [0.1, 0.15) is 18.1 Å². The number of ether oxygens (including phenoxy) is 1. The van der Waals surface area contributed by atoms with Crippen molar-refractivity contribution in [2.75, 3.05) is 13.1 Å². The molecule has 2 aliphatic heterocycles. The molecule has 6 unspecified atom stereocenters. The minimum Gasteiger partial charge on any atom is -0.508 e. The summed E-state index contributed by atoms with van der Waals surface area (Å²) in [5.41, 5.74) is 2.04. The van der Waals surface area contributed by atoms with Gasteiger partial charge in [0.25, 0.3) is 0 Å². The molecule has 4 aliphatic rings. The number of amides is 4. The van der Waals surface area contributed by atoms with E-state index in [1.165, 1.54) is 6.07 Å². The van der Waals surface area contributed by atoms with Crippen molar-refractivity contribution in [3.8, 4) is 11.5 Å². The van der Waals surface area contributed by atoms with E-state index in [9.17, 15) is 33.9 Å². The number of phenols is 1. The molecule has 1 saturated carbocycles. The number of benzene rings is 2. The van der Waals surface area contributed by atoms with Crippen molar-refractivity contribution in [3.63, 3.8) is 0 Å². The highest BCUT2D eigenvalue weighted by atomic mass is 16.5. The fraction of sp³-hybridized carbons (Fsp3) is 0.429. The summed E-state index contributed by atoms with van der Waals surface area (Å²) in [6.45, 7) is 0.183. The molecule has 12 nitrogen and oxygen atoms in total. The summed E-state index contributed by atoms with van der Waals surface area (Å²) in [6, 6.07) is 14.3. The van der Waals surface area contributed by atoms with Gasteiger partial charge in [0.15, 0.2) is 0 Å². The number of hydrogen-bond donors (Lipinski definition) is 3. The lowest BCUT2D eigenvalue weighted by molar-refractivity contribution is -0.143. The largest absolute Gasteiger partial charge is 0.508 e. The first-order valence-corrected chi connectivity index (χ1v) is 15.9. The molecule has 2 aromatic carbocycles. The number of likely N-dealkylation sites (tertiary alicyclic amines) is 2. The minimum atomic E-state index is -1.04. The summed E-state index contributed by atoms with van der Waals surface area (Å²) in [7, 11) is 0. The van der Waals surface area contributed by atoms with Gasteiger partial charge in [0.2, 0.25) is 23.6 Å². The predicted octanol–water partition coefficient (Wildman–Crippen LogP) is 3.34. The van der Waals surface area contributed by atoms with Crippen molar-refractivity contribution in [3.05, 3.63) is 71.3 Å². The Hall–Kier alpha value is -5.00. The highest BCUT2D eigenvalue weighted by molar-refractivity contribution is 6.08. The average molecular weight is 645 g/mol. The van der Waals surface area contributed by atoms with Crippen molar-refractivity contribution in [2.45, 2.75) is 51.0 Å². The molecule has 0 radical (unpaired) electrons. The fourth-order valence-corrected chi connectivity index (χ4v) is 7.90. The molecule has 12 heteroatoms. The number of aromatic hydroxyl groups is 1. The third-order valence-corrected chi connectivity index (χ3v) is 9.96. The number of imide groups is 2. The molecule has 2 heterocycles. The Bertz CT molecular complexity index is 1650. The SMILES string of the molecule is O=C(O)CCCN1C(=O)C2CC=C3C(CC4C(=O)N(CCCC(=O)O)C(=O)C4C3c3ccc(OCc4ccccc4)cc3O)C2C1=O. The third-order valence-electron chi connectivity index (χ3n) is 9.96. The van der Waals surface area contributed by atoms with Crippen molar-refractivity contribution in [1.29, 1.82) is 0 Å². The summed E-state index contributed by atoms with van der Waals surface area (Å²) < 4.78 is 5.89. The number of phenolic OH excluding ortho intramolecular Hbond substituents is 1. The lowest BCUT2D eigenvalue weighted by atomic mass is 9.57. The quantitative estimate of drug-likeness (QED) is 0.229. The first-order valence-electron chi connectivity index (χ1n) is 15.9. The second-order valence-electron chi connectivity index (χ2n) is 12.7. The normalized spacial score (nSPS) is 26.5. The predicted molar refractivity (Wildman–Crippen MR) is 164 cm³/mol. The van der Waals surface area contributed by atoms with Gasteiger partial charge in [0.05, 0.1) is 23.7 Å². The molecule has 4 amide bonds. The van der Waals surface area contributed by atoms with Gasteiger partial charge in [-0.15, -0.1) is 0 Å². The Balaban J connectivity index is 1.33. The van der Waals surface area contributed by atoms with E-state index in [0.29, 0.717) is 16.9 Å². The molecule has 0 spiro atoms.